The monoisotopic (exact) mass is 458 g/mol. The van der Waals surface area contributed by atoms with Crippen LogP contribution in [0, 0.1) is 11.6 Å². The SMILES string of the molecule is O=C(CCCN1CCCCC1)Nc1ccc2c(F)cnc(Nc3ccc(F)c(Cl)c3)c2c1. The number of hydrogen-bond acceptors (Lipinski definition) is 4. The molecule has 2 N–H and O–H groups in total. The van der Waals surface area contributed by atoms with Crippen LogP contribution in [0.1, 0.15) is 32.1 Å². The summed E-state index contributed by atoms with van der Waals surface area (Å²) in [6, 6.07) is 9.16. The lowest BCUT2D eigenvalue weighted by molar-refractivity contribution is -0.116. The number of carbonyl (C=O) groups excluding carboxylic acids is 1. The molecule has 32 heavy (non-hydrogen) atoms. The molecule has 1 saturated heterocycles. The van der Waals surface area contributed by atoms with Crippen LogP contribution in [0.25, 0.3) is 10.8 Å². The van der Waals surface area contributed by atoms with Crippen molar-refractivity contribution in [1.82, 2.24) is 9.88 Å². The van der Waals surface area contributed by atoms with Gasteiger partial charge in [-0.1, -0.05) is 18.0 Å². The third kappa shape index (κ3) is 5.53. The molecule has 8 heteroatoms. The predicted octanol–water partition coefficient (Wildman–Crippen LogP) is 6.11. The van der Waals surface area contributed by atoms with Gasteiger partial charge in [-0.15, -0.1) is 0 Å². The van der Waals surface area contributed by atoms with Gasteiger partial charge in [0, 0.05) is 28.6 Å². The number of rotatable bonds is 7. The summed E-state index contributed by atoms with van der Waals surface area (Å²) in [6.07, 6.45) is 6.10. The van der Waals surface area contributed by atoms with E-state index in [1.54, 1.807) is 18.2 Å². The zero-order valence-electron chi connectivity index (χ0n) is 17.6. The number of aromatic nitrogens is 1. The molecule has 4 rings (SSSR count). The Morgan fingerprint density at radius 1 is 1.00 bits per heavy atom. The highest BCUT2D eigenvalue weighted by Gasteiger charge is 2.13. The van der Waals surface area contributed by atoms with Crippen molar-refractivity contribution in [3.05, 3.63) is 59.3 Å². The van der Waals surface area contributed by atoms with Crippen molar-refractivity contribution in [3.8, 4) is 0 Å². The Labute approximate surface area is 190 Å². The van der Waals surface area contributed by atoms with Crippen LogP contribution in [0.3, 0.4) is 0 Å². The first-order valence-electron chi connectivity index (χ1n) is 10.8. The summed E-state index contributed by atoms with van der Waals surface area (Å²) in [6.45, 7) is 3.15. The number of nitrogens with one attached hydrogen (secondary N) is 2. The number of anilines is 3. The second-order valence-corrected chi connectivity index (χ2v) is 8.43. The van der Waals surface area contributed by atoms with Gasteiger partial charge in [-0.3, -0.25) is 4.79 Å². The zero-order chi connectivity index (χ0) is 22.5. The minimum atomic E-state index is -0.528. The topological polar surface area (TPSA) is 57.3 Å². The number of fused-ring (bicyclic) bond motifs is 1. The van der Waals surface area contributed by atoms with Crippen molar-refractivity contribution in [3.63, 3.8) is 0 Å². The summed E-state index contributed by atoms with van der Waals surface area (Å²) < 4.78 is 27.8. The Morgan fingerprint density at radius 3 is 2.56 bits per heavy atom. The minimum absolute atomic E-state index is 0.0288. The number of piperidine rings is 1. The Hall–Kier alpha value is -2.77. The van der Waals surface area contributed by atoms with Gasteiger partial charge in [-0.25, -0.2) is 13.8 Å². The Balaban J connectivity index is 1.46. The van der Waals surface area contributed by atoms with Gasteiger partial charge in [0.25, 0.3) is 0 Å². The first-order chi connectivity index (χ1) is 15.5. The van der Waals surface area contributed by atoms with Crippen molar-refractivity contribution in [2.24, 2.45) is 0 Å². The van der Waals surface area contributed by atoms with Crippen LogP contribution in [0.15, 0.2) is 42.6 Å². The van der Waals surface area contributed by atoms with Gasteiger partial charge in [-0.05, 0) is 75.3 Å². The third-order valence-electron chi connectivity index (χ3n) is 5.63. The molecule has 5 nitrogen and oxygen atoms in total. The largest absolute Gasteiger partial charge is 0.340 e. The molecule has 0 saturated carbocycles. The fraction of sp³-hybridized carbons (Fsp3) is 0.333. The number of halogens is 3. The van der Waals surface area contributed by atoms with Crippen molar-refractivity contribution in [2.75, 3.05) is 30.3 Å². The lowest BCUT2D eigenvalue weighted by Crippen LogP contribution is -2.31. The van der Waals surface area contributed by atoms with E-state index in [0.717, 1.165) is 32.3 Å². The van der Waals surface area contributed by atoms with Crippen LogP contribution in [0.4, 0.5) is 26.0 Å². The highest BCUT2D eigenvalue weighted by atomic mass is 35.5. The highest BCUT2D eigenvalue weighted by molar-refractivity contribution is 6.31. The Kier molecular flexibility index (Phi) is 7.17. The maximum absolute atomic E-state index is 14.3. The number of benzene rings is 2. The van der Waals surface area contributed by atoms with E-state index in [4.69, 9.17) is 11.6 Å². The average molecular weight is 459 g/mol. The second-order valence-electron chi connectivity index (χ2n) is 8.02. The van der Waals surface area contributed by atoms with E-state index in [1.807, 2.05) is 0 Å². The van der Waals surface area contributed by atoms with Gasteiger partial charge in [-0.2, -0.15) is 0 Å². The molecule has 0 bridgehead atoms. The van der Waals surface area contributed by atoms with Crippen molar-refractivity contribution in [1.29, 1.82) is 0 Å². The molecule has 1 aromatic heterocycles. The van der Waals surface area contributed by atoms with Crippen LogP contribution in [-0.4, -0.2) is 35.4 Å². The second kappa shape index (κ2) is 10.2. The van der Waals surface area contributed by atoms with Crippen LogP contribution < -0.4 is 10.6 Å². The maximum Gasteiger partial charge on any atom is 0.224 e. The van der Waals surface area contributed by atoms with E-state index >= 15 is 0 Å². The summed E-state index contributed by atoms with van der Waals surface area (Å²) in [4.78, 5) is 19.0. The third-order valence-corrected chi connectivity index (χ3v) is 5.92. The molecule has 2 aromatic carbocycles. The van der Waals surface area contributed by atoms with Crippen molar-refractivity contribution < 1.29 is 13.6 Å². The summed E-state index contributed by atoms with van der Waals surface area (Å²) in [7, 11) is 0. The molecule has 0 aliphatic carbocycles. The van der Waals surface area contributed by atoms with Crippen LogP contribution in [0.2, 0.25) is 5.02 Å². The molecular formula is C24H25ClF2N4O. The quantitative estimate of drug-likeness (QED) is 0.448. The van der Waals surface area contributed by atoms with Crippen LogP contribution >= 0.6 is 11.6 Å². The van der Waals surface area contributed by atoms with E-state index in [2.05, 4.69) is 20.5 Å². The smallest absolute Gasteiger partial charge is 0.224 e. The standard InChI is InChI=1S/C24H25ClF2N4O/c25-20-14-17(7-9-21(20)26)30-24-19-13-16(6-8-18(19)22(27)15-28-24)29-23(32)5-4-12-31-10-2-1-3-11-31/h6-9,13-15H,1-5,10-12H2,(H,28,30)(H,29,32). The molecule has 3 aromatic rings. The van der Waals surface area contributed by atoms with Crippen molar-refractivity contribution >= 4 is 45.5 Å². The number of likely N-dealkylation sites (tertiary alicyclic amines) is 1. The molecule has 1 amide bonds. The molecule has 168 valence electrons. The fourth-order valence-corrected chi connectivity index (χ4v) is 4.15. The minimum Gasteiger partial charge on any atom is -0.340 e. The molecular weight excluding hydrogens is 434 g/mol. The molecule has 0 radical (unpaired) electrons. The molecule has 1 aliphatic rings. The maximum atomic E-state index is 14.3. The first kappa shape index (κ1) is 22.4. The molecule has 1 aliphatic heterocycles. The number of nitrogens with zero attached hydrogens (tertiary/aromatic N) is 2. The van der Waals surface area contributed by atoms with E-state index in [0.29, 0.717) is 34.4 Å². The van der Waals surface area contributed by atoms with E-state index in [1.165, 1.54) is 37.5 Å². The number of hydrogen-bond donors (Lipinski definition) is 2. The summed E-state index contributed by atoms with van der Waals surface area (Å²) in [5.41, 5.74) is 1.08. The van der Waals surface area contributed by atoms with Gasteiger partial charge in [0.1, 0.15) is 17.5 Å². The van der Waals surface area contributed by atoms with Gasteiger partial charge in [0.15, 0.2) is 0 Å². The summed E-state index contributed by atoms with van der Waals surface area (Å²) in [5, 5.41) is 6.77. The zero-order valence-corrected chi connectivity index (χ0v) is 18.4. The van der Waals surface area contributed by atoms with E-state index in [-0.39, 0.29) is 10.9 Å². The lowest BCUT2D eigenvalue weighted by atomic mass is 10.1. The molecule has 2 heterocycles. The Bertz CT molecular complexity index is 1120. The van der Waals surface area contributed by atoms with Crippen LogP contribution in [0.5, 0.6) is 0 Å². The van der Waals surface area contributed by atoms with Gasteiger partial charge in [0.2, 0.25) is 5.91 Å². The number of amides is 1. The molecule has 0 atom stereocenters. The number of carbonyl (C=O) groups is 1. The van der Waals surface area contributed by atoms with Gasteiger partial charge in [0.05, 0.1) is 11.2 Å². The van der Waals surface area contributed by atoms with Crippen molar-refractivity contribution in [2.45, 2.75) is 32.1 Å². The molecule has 0 spiro atoms. The first-order valence-corrected chi connectivity index (χ1v) is 11.2. The van der Waals surface area contributed by atoms with Gasteiger partial charge >= 0.3 is 0 Å². The highest BCUT2D eigenvalue weighted by Crippen LogP contribution is 2.30. The molecule has 1 fully saturated rings. The van der Waals surface area contributed by atoms with E-state index in [9.17, 15) is 13.6 Å². The summed E-state index contributed by atoms with van der Waals surface area (Å²) in [5.74, 6) is -0.697. The molecule has 0 unspecified atom stereocenters. The van der Waals surface area contributed by atoms with Crippen LogP contribution in [-0.2, 0) is 4.79 Å². The predicted molar refractivity (Wildman–Crippen MR) is 125 cm³/mol. The van der Waals surface area contributed by atoms with E-state index < -0.39 is 11.6 Å². The Morgan fingerprint density at radius 2 is 1.78 bits per heavy atom. The number of pyridine rings is 1. The average Bonchev–Trinajstić information content (AvgIpc) is 2.79. The normalized spacial score (nSPS) is 14.5. The lowest BCUT2D eigenvalue weighted by Gasteiger charge is -2.26. The summed E-state index contributed by atoms with van der Waals surface area (Å²) >= 11 is 5.85. The fourth-order valence-electron chi connectivity index (χ4n) is 3.97. The van der Waals surface area contributed by atoms with Gasteiger partial charge < -0.3 is 15.5 Å².